The minimum absolute atomic E-state index is 0.264. The fraction of sp³-hybridized carbons (Fsp3) is 0.464. The predicted molar refractivity (Wildman–Crippen MR) is 156 cm³/mol. The molecule has 6 rings (SSSR count). The molecule has 3 N–H and O–H groups in total. The summed E-state index contributed by atoms with van der Waals surface area (Å²) in [6.07, 6.45) is 13.4. The van der Waals surface area contributed by atoms with Gasteiger partial charge >= 0.3 is 0 Å². The van der Waals surface area contributed by atoms with E-state index in [0.717, 1.165) is 46.7 Å². The molecule has 0 aromatic carbocycles. The molecule has 0 saturated heterocycles. The second-order valence-corrected chi connectivity index (χ2v) is 13.6. The Labute approximate surface area is 239 Å². The second-order valence-electron chi connectivity index (χ2n) is 11.6. The van der Waals surface area contributed by atoms with Crippen molar-refractivity contribution < 1.29 is 13.5 Å². The molecule has 4 heterocycles. The highest BCUT2D eigenvalue weighted by Gasteiger charge is 2.37. The molecule has 41 heavy (non-hydrogen) atoms. The van der Waals surface area contributed by atoms with Crippen molar-refractivity contribution in [2.24, 2.45) is 13.0 Å². The third-order valence-electron chi connectivity index (χ3n) is 7.92. The molecule has 4 aromatic heterocycles. The third kappa shape index (κ3) is 5.96. The molecule has 13 heteroatoms. The monoisotopic (exact) mass is 577 g/mol. The summed E-state index contributed by atoms with van der Waals surface area (Å²) in [5.74, 6) is 1.76. The van der Waals surface area contributed by atoms with E-state index >= 15 is 0 Å². The molecule has 0 spiro atoms. The lowest BCUT2D eigenvalue weighted by Gasteiger charge is -2.36. The van der Waals surface area contributed by atoms with E-state index in [1.54, 1.807) is 23.1 Å². The van der Waals surface area contributed by atoms with Gasteiger partial charge in [0.05, 0.1) is 34.5 Å². The fourth-order valence-electron chi connectivity index (χ4n) is 5.35. The van der Waals surface area contributed by atoms with Crippen LogP contribution in [0.25, 0.3) is 22.6 Å². The van der Waals surface area contributed by atoms with Crippen molar-refractivity contribution in [2.75, 3.05) is 10.6 Å². The number of anilines is 3. The first kappa shape index (κ1) is 27.3. The summed E-state index contributed by atoms with van der Waals surface area (Å²) in [5.41, 5.74) is 2.47. The van der Waals surface area contributed by atoms with E-state index in [9.17, 15) is 13.5 Å². The van der Waals surface area contributed by atoms with Crippen molar-refractivity contribution >= 4 is 27.3 Å². The quantitative estimate of drug-likeness (QED) is 0.266. The lowest BCUT2D eigenvalue weighted by Crippen LogP contribution is -2.37. The summed E-state index contributed by atoms with van der Waals surface area (Å²) in [5, 5.41) is 25.7. The van der Waals surface area contributed by atoms with Crippen LogP contribution in [-0.4, -0.2) is 64.3 Å². The standard InChI is InChI=1S/C28H35N9O3S/c1-28(2,38)19-4-6-20(7-5-19)32-24-14-26(30-16-22(24)23-11-13-36(3)35-23)33-25-10-12-29-27(34-25)18-15-31-37(17-18)41(39,40)21-8-9-21/h10-17,19-21,38H,4-9H2,1-3H3,(H2,29,30,32,33,34). The second kappa shape index (κ2) is 10.5. The Kier molecular flexibility index (Phi) is 7.02. The maximum absolute atomic E-state index is 12.5. The average Bonchev–Trinajstić information content (AvgIpc) is 3.53. The SMILES string of the molecule is Cn1ccc(-c2cnc(Nc3ccnc(-c4cnn(S(=O)(=O)C5CC5)c4)n3)cc2NC2CCC(C(C)(C)O)CC2)n1. The van der Waals surface area contributed by atoms with Gasteiger partial charge in [-0.1, -0.05) is 0 Å². The topological polar surface area (TPSA) is 153 Å². The van der Waals surface area contributed by atoms with Gasteiger partial charge in [-0.2, -0.15) is 14.3 Å². The molecule has 216 valence electrons. The van der Waals surface area contributed by atoms with Gasteiger partial charge in [0.25, 0.3) is 10.0 Å². The fourth-order valence-corrected chi connectivity index (χ4v) is 6.82. The Morgan fingerprint density at radius 2 is 1.80 bits per heavy atom. The predicted octanol–water partition coefficient (Wildman–Crippen LogP) is 3.96. The lowest BCUT2D eigenvalue weighted by molar-refractivity contribution is -0.000391. The number of nitrogens with one attached hydrogen (secondary N) is 2. The number of pyridine rings is 1. The zero-order chi connectivity index (χ0) is 28.8. The first-order valence-corrected chi connectivity index (χ1v) is 15.4. The highest BCUT2D eigenvalue weighted by molar-refractivity contribution is 7.90. The Bertz CT molecular complexity index is 1650. The normalized spacial score (nSPS) is 19.7. The van der Waals surface area contributed by atoms with Gasteiger partial charge in [0.1, 0.15) is 11.6 Å². The van der Waals surface area contributed by atoms with Gasteiger partial charge in [0.2, 0.25) is 0 Å². The Balaban J connectivity index is 1.23. The molecule has 0 atom stereocenters. The van der Waals surface area contributed by atoms with Gasteiger partial charge in [-0.05, 0) is 70.4 Å². The maximum Gasteiger partial charge on any atom is 0.256 e. The smallest absolute Gasteiger partial charge is 0.256 e. The highest BCUT2D eigenvalue weighted by atomic mass is 32.2. The van der Waals surface area contributed by atoms with Crippen molar-refractivity contribution in [2.45, 2.75) is 69.3 Å². The molecule has 2 aliphatic rings. The molecule has 2 aliphatic carbocycles. The number of aliphatic hydroxyl groups is 1. The minimum Gasteiger partial charge on any atom is -0.390 e. The van der Waals surface area contributed by atoms with Gasteiger partial charge in [0.15, 0.2) is 5.82 Å². The number of nitrogens with zero attached hydrogens (tertiary/aromatic N) is 7. The summed E-state index contributed by atoms with van der Waals surface area (Å²) in [6, 6.07) is 5.91. The zero-order valence-electron chi connectivity index (χ0n) is 23.4. The first-order valence-electron chi connectivity index (χ1n) is 13.9. The number of rotatable bonds is 9. The molecule has 12 nitrogen and oxygen atoms in total. The van der Waals surface area contributed by atoms with Crippen molar-refractivity contribution in [3.05, 3.63) is 49.2 Å². The van der Waals surface area contributed by atoms with E-state index in [1.807, 2.05) is 39.2 Å². The lowest BCUT2D eigenvalue weighted by atomic mass is 9.77. The summed E-state index contributed by atoms with van der Waals surface area (Å²) in [4.78, 5) is 13.5. The molecular formula is C28H35N9O3S. The number of hydrogen-bond donors (Lipinski definition) is 3. The van der Waals surface area contributed by atoms with Crippen LogP contribution in [-0.2, 0) is 17.1 Å². The van der Waals surface area contributed by atoms with Crippen LogP contribution in [0.2, 0.25) is 0 Å². The van der Waals surface area contributed by atoms with Gasteiger partial charge in [-0.3, -0.25) is 4.68 Å². The summed E-state index contributed by atoms with van der Waals surface area (Å²) in [6.45, 7) is 3.79. The first-order chi connectivity index (χ1) is 19.6. The molecule has 4 aromatic rings. The molecule has 0 bridgehead atoms. The van der Waals surface area contributed by atoms with Crippen LogP contribution in [0.1, 0.15) is 52.4 Å². The van der Waals surface area contributed by atoms with Gasteiger partial charge in [-0.15, -0.1) is 0 Å². The van der Waals surface area contributed by atoms with E-state index in [2.05, 4.69) is 35.8 Å². The van der Waals surface area contributed by atoms with Crippen LogP contribution in [0.3, 0.4) is 0 Å². The van der Waals surface area contributed by atoms with Crippen LogP contribution >= 0.6 is 0 Å². The van der Waals surface area contributed by atoms with E-state index in [0.29, 0.717) is 41.8 Å². The minimum atomic E-state index is -3.47. The van der Waals surface area contributed by atoms with E-state index in [4.69, 9.17) is 0 Å². The zero-order valence-corrected chi connectivity index (χ0v) is 24.2. The molecular weight excluding hydrogens is 542 g/mol. The van der Waals surface area contributed by atoms with Crippen molar-refractivity contribution in [1.82, 2.24) is 33.9 Å². The average molecular weight is 578 g/mol. The number of hydrogen-bond acceptors (Lipinski definition) is 10. The number of aromatic nitrogens is 7. The van der Waals surface area contributed by atoms with Crippen molar-refractivity contribution in [1.29, 1.82) is 0 Å². The summed E-state index contributed by atoms with van der Waals surface area (Å²) in [7, 11) is -1.58. The largest absolute Gasteiger partial charge is 0.390 e. The summed E-state index contributed by atoms with van der Waals surface area (Å²) < 4.78 is 27.8. The highest BCUT2D eigenvalue weighted by Crippen LogP contribution is 2.36. The Morgan fingerprint density at radius 1 is 1.02 bits per heavy atom. The maximum atomic E-state index is 12.5. The molecule has 0 aliphatic heterocycles. The molecule has 0 unspecified atom stereocenters. The van der Waals surface area contributed by atoms with Crippen molar-refractivity contribution in [3.63, 3.8) is 0 Å². The van der Waals surface area contributed by atoms with Crippen molar-refractivity contribution in [3.8, 4) is 22.6 Å². The van der Waals surface area contributed by atoms with E-state index in [-0.39, 0.29) is 11.3 Å². The van der Waals surface area contributed by atoms with Crippen LogP contribution in [0, 0.1) is 5.92 Å². The van der Waals surface area contributed by atoms with Gasteiger partial charge in [-0.25, -0.2) is 23.4 Å². The van der Waals surface area contributed by atoms with Crippen LogP contribution < -0.4 is 10.6 Å². The Hall–Kier alpha value is -3.84. The van der Waals surface area contributed by atoms with Gasteiger partial charge < -0.3 is 15.7 Å². The Morgan fingerprint density at radius 3 is 2.49 bits per heavy atom. The van der Waals surface area contributed by atoms with Crippen LogP contribution in [0.15, 0.2) is 49.2 Å². The number of aryl methyl sites for hydroxylation is 1. The molecule has 2 saturated carbocycles. The molecule has 0 radical (unpaired) electrons. The van der Waals surface area contributed by atoms with E-state index < -0.39 is 15.6 Å². The molecule has 2 fully saturated rings. The van der Waals surface area contributed by atoms with E-state index in [1.165, 1.54) is 12.4 Å². The third-order valence-corrected chi connectivity index (χ3v) is 9.95. The van der Waals surface area contributed by atoms with Crippen LogP contribution in [0.4, 0.5) is 17.3 Å². The van der Waals surface area contributed by atoms with Gasteiger partial charge in [0, 0.05) is 49.0 Å². The summed E-state index contributed by atoms with van der Waals surface area (Å²) >= 11 is 0. The van der Waals surface area contributed by atoms with Crippen LogP contribution in [0.5, 0.6) is 0 Å². The molecule has 0 amide bonds.